The van der Waals surface area contributed by atoms with Crippen molar-refractivity contribution in [2.24, 2.45) is 5.92 Å². The Bertz CT molecular complexity index is 948. The summed E-state index contributed by atoms with van der Waals surface area (Å²) in [7, 11) is -1.94. The third-order valence-corrected chi connectivity index (χ3v) is 7.86. The van der Waals surface area contributed by atoms with E-state index in [0.717, 1.165) is 0 Å². The van der Waals surface area contributed by atoms with Crippen LogP contribution in [0.2, 0.25) is 0 Å². The second-order valence-electron chi connectivity index (χ2n) is 7.54. The van der Waals surface area contributed by atoms with E-state index < -0.39 is 22.4 Å². The highest BCUT2D eigenvalue weighted by molar-refractivity contribution is 7.96. The van der Waals surface area contributed by atoms with E-state index in [1.54, 1.807) is 43.5 Å². The van der Waals surface area contributed by atoms with Crippen LogP contribution in [0.25, 0.3) is 0 Å². The molecule has 0 bridgehead atoms. The number of nitrogens with zero attached hydrogens (tertiary/aromatic N) is 1. The van der Waals surface area contributed by atoms with E-state index in [1.807, 2.05) is 0 Å². The number of sulfonamides is 1. The summed E-state index contributed by atoms with van der Waals surface area (Å²) in [5.41, 5.74) is 1.29. The maximum atomic E-state index is 13.3. The van der Waals surface area contributed by atoms with Crippen molar-refractivity contribution in [1.29, 1.82) is 0 Å². The number of amides is 1. The van der Waals surface area contributed by atoms with Crippen LogP contribution in [0.4, 0.5) is 10.1 Å². The molecule has 1 saturated heterocycles. The van der Waals surface area contributed by atoms with Gasteiger partial charge in [0, 0.05) is 24.6 Å². The average Bonchev–Trinajstić information content (AvgIpc) is 3.48. The van der Waals surface area contributed by atoms with E-state index in [-0.39, 0.29) is 23.5 Å². The summed E-state index contributed by atoms with van der Waals surface area (Å²) >= 11 is 0. The smallest absolute Gasteiger partial charge is 0.229 e. The van der Waals surface area contributed by atoms with Gasteiger partial charge in [0.2, 0.25) is 5.91 Å². The Hall–Kier alpha value is -2.29. The Morgan fingerprint density at radius 1 is 1.24 bits per heavy atom. The molecule has 0 spiro atoms. The number of benzene rings is 2. The van der Waals surface area contributed by atoms with E-state index in [9.17, 15) is 17.9 Å². The SMILES string of the molecule is COc1cccc(NC(=O)[C@@H]2C[C@H](c3ccc(F)cc3)N([S+](=O)([O-])C3CC3)C2)c1. The lowest BCUT2D eigenvalue weighted by atomic mass is 9.99. The molecule has 2 fully saturated rings. The summed E-state index contributed by atoms with van der Waals surface area (Å²) in [5.74, 6) is -0.490. The number of methoxy groups -OCH3 is 1. The van der Waals surface area contributed by atoms with Crippen LogP contribution in [0, 0.1) is 11.7 Å². The molecule has 2 aromatic carbocycles. The van der Waals surface area contributed by atoms with Crippen LogP contribution in [0.3, 0.4) is 0 Å². The molecular weight excluding hydrogens is 395 g/mol. The van der Waals surface area contributed by atoms with Gasteiger partial charge in [-0.2, -0.15) is 0 Å². The van der Waals surface area contributed by atoms with E-state index in [0.29, 0.717) is 36.3 Å². The standard InChI is InChI=1S/C21H23FN2O4S/c1-28-18-4-2-3-17(12-18)23-21(25)15-11-20(14-5-7-16(22)8-6-14)24(13-15)29(26,27)19-9-10-19/h2-8,12,15,19-20H,9-11,13H2,1H3,(H-,23,25,26,27)/t15-,20-/m1/s1. The molecule has 2 aliphatic rings. The van der Waals surface area contributed by atoms with Gasteiger partial charge in [0.15, 0.2) is 0 Å². The largest absolute Gasteiger partial charge is 0.597 e. The first-order valence-corrected chi connectivity index (χ1v) is 11.1. The fourth-order valence-electron chi connectivity index (χ4n) is 3.77. The minimum Gasteiger partial charge on any atom is -0.597 e. The van der Waals surface area contributed by atoms with Crippen molar-refractivity contribution in [1.82, 2.24) is 4.31 Å². The summed E-state index contributed by atoms with van der Waals surface area (Å²) < 4.78 is 45.9. The van der Waals surface area contributed by atoms with Crippen molar-refractivity contribution in [3.63, 3.8) is 0 Å². The first-order chi connectivity index (χ1) is 13.9. The predicted molar refractivity (Wildman–Crippen MR) is 107 cm³/mol. The highest BCUT2D eigenvalue weighted by Crippen LogP contribution is 2.45. The zero-order chi connectivity index (χ0) is 20.6. The molecule has 4 rings (SSSR count). The lowest BCUT2D eigenvalue weighted by Crippen LogP contribution is -2.40. The van der Waals surface area contributed by atoms with E-state index >= 15 is 0 Å². The van der Waals surface area contributed by atoms with Gasteiger partial charge in [0.1, 0.15) is 27.2 Å². The highest BCUT2D eigenvalue weighted by atomic mass is 32.3. The van der Waals surface area contributed by atoms with Gasteiger partial charge in [-0.1, -0.05) is 22.4 Å². The van der Waals surface area contributed by atoms with Gasteiger partial charge < -0.3 is 14.6 Å². The topological polar surface area (TPSA) is 81.7 Å². The number of carbonyl (C=O) groups excluding carboxylic acids is 1. The van der Waals surface area contributed by atoms with Crippen molar-refractivity contribution in [3.8, 4) is 5.75 Å². The monoisotopic (exact) mass is 418 g/mol. The quantitative estimate of drug-likeness (QED) is 0.728. The van der Waals surface area contributed by atoms with Gasteiger partial charge in [-0.05, 0) is 36.2 Å². The maximum Gasteiger partial charge on any atom is 0.229 e. The van der Waals surface area contributed by atoms with E-state index in [4.69, 9.17) is 4.74 Å². The zero-order valence-electron chi connectivity index (χ0n) is 16.0. The molecule has 154 valence electrons. The molecule has 1 aliphatic heterocycles. The molecule has 29 heavy (non-hydrogen) atoms. The molecule has 1 amide bonds. The molecule has 1 N–H and O–H groups in total. The highest BCUT2D eigenvalue weighted by Gasteiger charge is 2.52. The molecule has 1 unspecified atom stereocenters. The summed E-state index contributed by atoms with van der Waals surface area (Å²) in [5, 5.41) is 2.49. The van der Waals surface area contributed by atoms with Crippen molar-refractivity contribution in [2.75, 3.05) is 19.0 Å². The molecule has 8 heteroatoms. The van der Waals surface area contributed by atoms with Crippen LogP contribution < -0.4 is 10.1 Å². The van der Waals surface area contributed by atoms with E-state index in [2.05, 4.69) is 5.32 Å². The van der Waals surface area contributed by atoms with Crippen LogP contribution in [0.5, 0.6) is 5.75 Å². The molecule has 1 aliphatic carbocycles. The molecule has 0 radical (unpaired) electrons. The fourth-order valence-corrected chi connectivity index (χ4v) is 5.83. The number of hydrogen-bond acceptors (Lipinski definition) is 4. The van der Waals surface area contributed by atoms with Crippen LogP contribution in [0.15, 0.2) is 48.5 Å². The zero-order valence-corrected chi connectivity index (χ0v) is 16.9. The minimum atomic E-state index is -3.48. The second-order valence-corrected chi connectivity index (χ2v) is 9.70. The van der Waals surface area contributed by atoms with Crippen molar-refractivity contribution in [3.05, 3.63) is 59.9 Å². The van der Waals surface area contributed by atoms with Crippen molar-refractivity contribution >= 4 is 22.0 Å². The van der Waals surface area contributed by atoms with E-state index in [1.165, 1.54) is 16.4 Å². The predicted octanol–water partition coefficient (Wildman–Crippen LogP) is 3.54. The first-order valence-electron chi connectivity index (χ1n) is 9.59. The first kappa shape index (κ1) is 20.0. The molecular formula is C21H23FN2O4S. The molecule has 0 aromatic heterocycles. The molecule has 1 heterocycles. The number of halogens is 1. The number of anilines is 1. The van der Waals surface area contributed by atoms with Gasteiger partial charge in [0.05, 0.1) is 25.6 Å². The molecule has 2 aromatic rings. The number of ether oxygens (including phenoxy) is 1. The normalized spacial score (nSPS) is 24.1. The van der Waals surface area contributed by atoms with Crippen molar-refractivity contribution < 1.29 is 22.7 Å². The second kappa shape index (κ2) is 7.85. The fraction of sp³-hybridized carbons (Fsp3) is 0.381. The molecule has 1 saturated carbocycles. The van der Waals surface area contributed by atoms with Gasteiger partial charge in [-0.25, -0.2) is 4.39 Å². The number of carbonyl (C=O) groups is 1. The lowest BCUT2D eigenvalue weighted by molar-refractivity contribution is -0.119. The lowest BCUT2D eigenvalue weighted by Gasteiger charge is -2.29. The summed E-state index contributed by atoms with van der Waals surface area (Å²) in [4.78, 5) is 12.9. The Morgan fingerprint density at radius 3 is 2.62 bits per heavy atom. The van der Waals surface area contributed by atoms with Crippen LogP contribution >= 0.6 is 0 Å². The summed E-state index contributed by atoms with van der Waals surface area (Å²) in [6, 6.07) is 12.4. The van der Waals surface area contributed by atoms with Crippen molar-refractivity contribution in [2.45, 2.75) is 30.6 Å². The van der Waals surface area contributed by atoms with Crippen LogP contribution in [0.1, 0.15) is 30.9 Å². The minimum absolute atomic E-state index is 0.122. The Morgan fingerprint density at radius 2 is 1.97 bits per heavy atom. The van der Waals surface area contributed by atoms with Crippen LogP contribution in [-0.4, -0.2) is 33.7 Å². The summed E-state index contributed by atoms with van der Waals surface area (Å²) in [6.45, 7) is 0.122. The number of rotatable bonds is 6. The third-order valence-electron chi connectivity index (χ3n) is 5.49. The van der Waals surface area contributed by atoms with Gasteiger partial charge in [-0.15, -0.1) is 4.31 Å². The molecule has 6 nitrogen and oxygen atoms in total. The third kappa shape index (κ3) is 4.19. The van der Waals surface area contributed by atoms with Gasteiger partial charge >= 0.3 is 0 Å². The maximum absolute atomic E-state index is 13.3. The Balaban J connectivity index is 1.56. The number of nitrogens with one attached hydrogen (secondary N) is 1. The Kier molecular flexibility index (Phi) is 5.42. The van der Waals surface area contributed by atoms with Gasteiger partial charge in [0.25, 0.3) is 0 Å². The van der Waals surface area contributed by atoms with Gasteiger partial charge in [-0.3, -0.25) is 4.79 Å². The Labute approximate surface area is 170 Å². The number of hydrogen-bond donors (Lipinski definition) is 1. The average molecular weight is 418 g/mol. The summed E-state index contributed by atoms with van der Waals surface area (Å²) in [6.07, 6.45) is 1.65. The molecule has 3 atom stereocenters. The van der Waals surface area contributed by atoms with Crippen LogP contribution in [-0.2, 0) is 19.4 Å².